The van der Waals surface area contributed by atoms with Crippen LogP contribution in [-0.2, 0) is 0 Å². The van der Waals surface area contributed by atoms with E-state index >= 15 is 0 Å². The Morgan fingerprint density at radius 2 is 2.10 bits per heavy atom. The minimum atomic E-state index is -0.0955. The zero-order valence-corrected chi connectivity index (χ0v) is 13.6. The molecule has 0 aromatic carbocycles. The van der Waals surface area contributed by atoms with Crippen molar-refractivity contribution >= 4 is 11.6 Å². The summed E-state index contributed by atoms with van der Waals surface area (Å²) >= 11 is 0. The average molecular weight is 292 g/mol. The molecule has 0 amide bonds. The lowest BCUT2D eigenvalue weighted by atomic mass is 9.82. The number of aliphatic hydroxyl groups is 1. The van der Waals surface area contributed by atoms with Crippen LogP contribution in [0.2, 0.25) is 0 Å². The summed E-state index contributed by atoms with van der Waals surface area (Å²) in [6, 6.07) is 2.02. The van der Waals surface area contributed by atoms with Crippen molar-refractivity contribution in [1.82, 2.24) is 9.97 Å². The Morgan fingerprint density at radius 3 is 2.67 bits per heavy atom. The van der Waals surface area contributed by atoms with Crippen molar-refractivity contribution < 1.29 is 5.11 Å². The van der Waals surface area contributed by atoms with E-state index in [9.17, 15) is 5.11 Å². The van der Waals surface area contributed by atoms with Gasteiger partial charge in [-0.1, -0.05) is 20.8 Å². The predicted molar refractivity (Wildman–Crippen MR) is 86.9 cm³/mol. The monoisotopic (exact) mass is 292 g/mol. The van der Waals surface area contributed by atoms with Crippen LogP contribution in [0, 0.1) is 5.92 Å². The Bertz CT molecular complexity index is 458. The van der Waals surface area contributed by atoms with Gasteiger partial charge in [-0.3, -0.25) is 0 Å². The van der Waals surface area contributed by atoms with Gasteiger partial charge in [0.2, 0.25) is 0 Å². The molecule has 5 heteroatoms. The Balaban J connectivity index is 2.10. The normalized spacial score (nSPS) is 21.2. The van der Waals surface area contributed by atoms with E-state index in [0.29, 0.717) is 11.8 Å². The van der Waals surface area contributed by atoms with E-state index in [2.05, 4.69) is 48.0 Å². The Labute approximate surface area is 127 Å². The molecule has 0 radical (unpaired) electrons. The average Bonchev–Trinajstić information content (AvgIpc) is 2.43. The first-order valence-corrected chi connectivity index (χ1v) is 8.01. The van der Waals surface area contributed by atoms with Crippen LogP contribution >= 0.6 is 0 Å². The number of nitrogens with zero attached hydrogens (tertiary/aromatic N) is 3. The van der Waals surface area contributed by atoms with Gasteiger partial charge in [0.15, 0.2) is 0 Å². The molecule has 1 aliphatic rings. The van der Waals surface area contributed by atoms with Crippen LogP contribution in [0.25, 0.3) is 0 Å². The van der Waals surface area contributed by atoms with Crippen LogP contribution in [0.3, 0.4) is 0 Å². The SMILES string of the molecule is CCCNc1cc(N(C)CC2CC(O)C2)nc(C(C)C)n1. The molecule has 1 aromatic rings. The highest BCUT2D eigenvalue weighted by Crippen LogP contribution is 2.29. The first-order chi connectivity index (χ1) is 9.99. The standard InChI is InChI=1S/C16H28N4O/c1-5-6-17-14-9-15(19-16(18-14)11(2)3)20(4)10-12-7-13(21)8-12/h9,11-13,21H,5-8,10H2,1-4H3,(H,17,18,19). The minimum absolute atomic E-state index is 0.0955. The molecule has 1 fully saturated rings. The van der Waals surface area contributed by atoms with Gasteiger partial charge in [0, 0.05) is 32.1 Å². The van der Waals surface area contributed by atoms with Gasteiger partial charge in [-0.2, -0.15) is 0 Å². The van der Waals surface area contributed by atoms with Gasteiger partial charge in [0.25, 0.3) is 0 Å². The third kappa shape index (κ3) is 4.30. The Kier molecular flexibility index (Phi) is 5.39. The fourth-order valence-electron chi connectivity index (χ4n) is 2.58. The van der Waals surface area contributed by atoms with Gasteiger partial charge in [-0.05, 0) is 25.2 Å². The molecular formula is C16H28N4O. The van der Waals surface area contributed by atoms with Crippen molar-refractivity contribution in [3.8, 4) is 0 Å². The summed E-state index contributed by atoms with van der Waals surface area (Å²) in [7, 11) is 2.07. The quantitative estimate of drug-likeness (QED) is 0.809. The summed E-state index contributed by atoms with van der Waals surface area (Å²) < 4.78 is 0. The molecule has 2 N–H and O–H groups in total. The van der Waals surface area contributed by atoms with Gasteiger partial charge in [-0.25, -0.2) is 9.97 Å². The molecule has 118 valence electrons. The second-order valence-electron chi connectivity index (χ2n) is 6.42. The van der Waals surface area contributed by atoms with Crippen LogP contribution in [0.15, 0.2) is 6.07 Å². The van der Waals surface area contributed by atoms with E-state index in [-0.39, 0.29) is 6.10 Å². The summed E-state index contributed by atoms with van der Waals surface area (Å²) in [5.41, 5.74) is 0. The molecular weight excluding hydrogens is 264 g/mol. The largest absolute Gasteiger partial charge is 0.393 e. The number of rotatable bonds is 7. The smallest absolute Gasteiger partial charge is 0.135 e. The molecule has 1 heterocycles. The lowest BCUT2D eigenvalue weighted by Crippen LogP contribution is -2.37. The molecule has 0 atom stereocenters. The lowest BCUT2D eigenvalue weighted by molar-refractivity contribution is 0.0464. The molecule has 5 nitrogen and oxygen atoms in total. The topological polar surface area (TPSA) is 61.3 Å². The minimum Gasteiger partial charge on any atom is -0.393 e. The van der Waals surface area contributed by atoms with Crippen LogP contribution in [0.1, 0.15) is 51.8 Å². The van der Waals surface area contributed by atoms with Crippen molar-refractivity contribution in [3.05, 3.63) is 11.9 Å². The van der Waals surface area contributed by atoms with E-state index < -0.39 is 0 Å². The maximum atomic E-state index is 9.41. The number of hydrogen-bond acceptors (Lipinski definition) is 5. The van der Waals surface area contributed by atoms with Crippen molar-refractivity contribution in [2.24, 2.45) is 5.92 Å². The highest BCUT2D eigenvalue weighted by Gasteiger charge is 2.28. The highest BCUT2D eigenvalue weighted by molar-refractivity contribution is 5.49. The second-order valence-corrected chi connectivity index (χ2v) is 6.42. The van der Waals surface area contributed by atoms with E-state index in [0.717, 1.165) is 49.8 Å². The lowest BCUT2D eigenvalue weighted by Gasteiger charge is -2.35. The molecule has 0 spiro atoms. The number of aliphatic hydroxyl groups excluding tert-OH is 1. The van der Waals surface area contributed by atoms with Gasteiger partial charge in [-0.15, -0.1) is 0 Å². The van der Waals surface area contributed by atoms with Crippen LogP contribution in [-0.4, -0.2) is 41.3 Å². The number of anilines is 2. The van der Waals surface area contributed by atoms with Gasteiger partial charge < -0.3 is 15.3 Å². The van der Waals surface area contributed by atoms with Gasteiger partial charge in [0.05, 0.1) is 6.10 Å². The second kappa shape index (κ2) is 7.07. The van der Waals surface area contributed by atoms with Crippen LogP contribution < -0.4 is 10.2 Å². The highest BCUT2D eigenvalue weighted by atomic mass is 16.3. The number of nitrogens with one attached hydrogen (secondary N) is 1. The summed E-state index contributed by atoms with van der Waals surface area (Å²) in [4.78, 5) is 11.5. The molecule has 0 unspecified atom stereocenters. The van der Waals surface area contributed by atoms with Gasteiger partial charge in [0.1, 0.15) is 17.5 Å². The molecule has 0 saturated heterocycles. The first kappa shape index (κ1) is 16.0. The van der Waals surface area contributed by atoms with Crippen LogP contribution in [0.5, 0.6) is 0 Å². The fraction of sp³-hybridized carbons (Fsp3) is 0.750. The zero-order chi connectivity index (χ0) is 15.4. The van der Waals surface area contributed by atoms with Crippen molar-refractivity contribution in [3.63, 3.8) is 0 Å². The third-order valence-electron chi connectivity index (χ3n) is 3.94. The van der Waals surface area contributed by atoms with E-state index in [1.165, 1.54) is 0 Å². The molecule has 1 aliphatic carbocycles. The molecule has 0 aliphatic heterocycles. The summed E-state index contributed by atoms with van der Waals surface area (Å²) in [6.45, 7) is 8.24. The number of hydrogen-bond donors (Lipinski definition) is 2. The van der Waals surface area contributed by atoms with E-state index in [4.69, 9.17) is 0 Å². The van der Waals surface area contributed by atoms with Crippen LogP contribution in [0.4, 0.5) is 11.6 Å². The first-order valence-electron chi connectivity index (χ1n) is 8.01. The summed E-state index contributed by atoms with van der Waals surface area (Å²) in [6.07, 6.45) is 2.80. The number of aromatic nitrogens is 2. The third-order valence-corrected chi connectivity index (χ3v) is 3.94. The molecule has 2 rings (SSSR count). The summed E-state index contributed by atoms with van der Waals surface area (Å²) in [5.74, 6) is 3.65. The zero-order valence-electron chi connectivity index (χ0n) is 13.6. The van der Waals surface area contributed by atoms with Crippen molar-refractivity contribution in [2.45, 2.75) is 52.1 Å². The fourth-order valence-corrected chi connectivity index (χ4v) is 2.58. The predicted octanol–water partition coefficient (Wildman–Crippen LogP) is 2.63. The van der Waals surface area contributed by atoms with Crippen molar-refractivity contribution in [1.29, 1.82) is 0 Å². The Hall–Kier alpha value is -1.36. The molecule has 21 heavy (non-hydrogen) atoms. The maximum Gasteiger partial charge on any atom is 0.135 e. The molecule has 1 aromatic heterocycles. The molecule has 1 saturated carbocycles. The molecule has 0 bridgehead atoms. The van der Waals surface area contributed by atoms with Gasteiger partial charge >= 0.3 is 0 Å². The Morgan fingerprint density at radius 1 is 1.38 bits per heavy atom. The summed E-state index contributed by atoms with van der Waals surface area (Å²) in [5, 5.41) is 12.8. The van der Waals surface area contributed by atoms with E-state index in [1.54, 1.807) is 0 Å². The van der Waals surface area contributed by atoms with E-state index in [1.807, 2.05) is 6.07 Å². The maximum absolute atomic E-state index is 9.41. The van der Waals surface area contributed by atoms with Crippen molar-refractivity contribution in [2.75, 3.05) is 30.4 Å².